The van der Waals surface area contributed by atoms with Gasteiger partial charge in [-0.15, -0.1) is 0 Å². The minimum atomic E-state index is -2.76. The normalized spacial score (nSPS) is 17.8. The second kappa shape index (κ2) is 7.08. The van der Waals surface area contributed by atoms with Gasteiger partial charge >= 0.3 is 6.09 Å². The number of nitrogens with one attached hydrogen (secondary N) is 1. The van der Waals surface area contributed by atoms with Crippen LogP contribution in [0.3, 0.4) is 0 Å². The summed E-state index contributed by atoms with van der Waals surface area (Å²) < 4.78 is 38.8. The zero-order valence-corrected chi connectivity index (χ0v) is 15.1. The number of anilines is 2. The molecule has 0 radical (unpaired) electrons. The lowest BCUT2D eigenvalue weighted by molar-refractivity contribution is -0.114. The number of rotatable bonds is 5. The number of ether oxygens (including phenoxy) is 2. The van der Waals surface area contributed by atoms with Crippen LogP contribution in [0.4, 0.5) is 25.1 Å². The van der Waals surface area contributed by atoms with Gasteiger partial charge in [-0.3, -0.25) is 4.79 Å². The smallest absolute Gasteiger partial charge is 0.416 e. The van der Waals surface area contributed by atoms with Gasteiger partial charge in [-0.05, 0) is 12.1 Å². The van der Waals surface area contributed by atoms with Crippen LogP contribution in [0.2, 0.25) is 0 Å². The number of aromatic nitrogens is 2. The van der Waals surface area contributed by atoms with E-state index in [9.17, 15) is 18.4 Å². The summed E-state index contributed by atoms with van der Waals surface area (Å²) in [7, 11) is 0. The highest BCUT2D eigenvalue weighted by Gasteiger charge is 2.42. The molecule has 29 heavy (non-hydrogen) atoms. The number of hydrogen-bond acceptors (Lipinski definition) is 6. The summed E-state index contributed by atoms with van der Waals surface area (Å²) in [5, 5.41) is 2.78. The van der Waals surface area contributed by atoms with Crippen LogP contribution in [0.25, 0.3) is 11.4 Å². The van der Waals surface area contributed by atoms with Crippen molar-refractivity contribution >= 4 is 23.5 Å². The van der Waals surface area contributed by atoms with Crippen molar-refractivity contribution in [2.75, 3.05) is 23.4 Å². The number of fused-ring (bicyclic) bond motifs is 3. The molecule has 11 heteroatoms. The highest BCUT2D eigenvalue weighted by molar-refractivity contribution is 5.94. The molecule has 1 aromatic carbocycles. The lowest BCUT2D eigenvalue weighted by Gasteiger charge is -2.17. The van der Waals surface area contributed by atoms with E-state index in [1.807, 2.05) is 0 Å². The third-order valence-electron chi connectivity index (χ3n) is 4.61. The van der Waals surface area contributed by atoms with Crippen LogP contribution in [-0.4, -0.2) is 47.2 Å². The molecule has 1 fully saturated rings. The monoisotopic (exact) mass is 405 g/mol. The number of carbonyl (C=O) groups excluding carboxylic acids is 2. The van der Waals surface area contributed by atoms with E-state index in [0.717, 1.165) is 4.90 Å². The Hall–Kier alpha value is -3.63. The summed E-state index contributed by atoms with van der Waals surface area (Å²) in [5.41, 5.74) is 6.33. The van der Waals surface area contributed by atoms with E-state index < -0.39 is 31.1 Å². The first-order valence-corrected chi connectivity index (χ1v) is 8.69. The van der Waals surface area contributed by atoms with Gasteiger partial charge in [0.1, 0.15) is 30.8 Å². The molecule has 1 saturated heterocycles. The van der Waals surface area contributed by atoms with E-state index >= 15 is 0 Å². The Morgan fingerprint density at radius 3 is 2.90 bits per heavy atom. The molecule has 4 rings (SSSR count). The van der Waals surface area contributed by atoms with Crippen LogP contribution in [0.5, 0.6) is 5.75 Å². The van der Waals surface area contributed by atoms with Crippen molar-refractivity contribution in [2.45, 2.75) is 19.0 Å². The van der Waals surface area contributed by atoms with Gasteiger partial charge in [0, 0.05) is 18.0 Å². The van der Waals surface area contributed by atoms with E-state index in [0.29, 0.717) is 36.0 Å². The molecule has 1 aromatic heterocycles. The van der Waals surface area contributed by atoms with Crippen LogP contribution < -0.4 is 20.7 Å². The third kappa shape index (κ3) is 3.35. The Labute approximate surface area is 163 Å². The standard InChI is InChI=1S/C18H17F2N5O4/c1-9(16(21)26)22-10-2-3-11-13(6-10)28-5-4-24-7-14(23-17(11)24)25-12(15(19)20)8-29-18(25)27/h2-3,6-7,12,15,22H,1,4-5,8H2,(H2,21,26)/t12-/m0/s1. The van der Waals surface area contributed by atoms with Crippen molar-refractivity contribution in [3.8, 4) is 17.1 Å². The number of benzene rings is 1. The van der Waals surface area contributed by atoms with Crippen molar-refractivity contribution in [1.82, 2.24) is 9.55 Å². The Bertz CT molecular complexity index is 1010. The molecular formula is C18H17F2N5O4. The Balaban J connectivity index is 1.69. The second-order valence-corrected chi connectivity index (χ2v) is 6.49. The van der Waals surface area contributed by atoms with E-state index in [1.165, 1.54) is 6.20 Å². The lowest BCUT2D eigenvalue weighted by Crippen LogP contribution is -2.38. The molecule has 0 saturated carbocycles. The summed E-state index contributed by atoms with van der Waals surface area (Å²) in [6.07, 6.45) is -2.09. The van der Waals surface area contributed by atoms with Gasteiger partial charge in [0.05, 0.1) is 17.8 Å². The van der Waals surface area contributed by atoms with Crippen LogP contribution in [-0.2, 0) is 16.1 Å². The first-order chi connectivity index (χ1) is 13.8. The fourth-order valence-corrected chi connectivity index (χ4v) is 3.18. The SMILES string of the molecule is C=C(Nc1ccc2c(c1)OCCn1cc(N3C(=O)OC[C@H]3C(F)F)nc1-2)C(N)=O. The lowest BCUT2D eigenvalue weighted by atomic mass is 10.1. The molecule has 0 unspecified atom stereocenters. The predicted molar refractivity (Wildman–Crippen MR) is 98.7 cm³/mol. The Kier molecular flexibility index (Phi) is 4.57. The Morgan fingerprint density at radius 2 is 2.17 bits per heavy atom. The molecule has 2 aromatic rings. The summed E-state index contributed by atoms with van der Waals surface area (Å²) >= 11 is 0. The van der Waals surface area contributed by atoms with Gasteiger partial charge in [0.25, 0.3) is 12.3 Å². The number of alkyl halides is 2. The fourth-order valence-electron chi connectivity index (χ4n) is 3.18. The number of amides is 2. The van der Waals surface area contributed by atoms with Gasteiger partial charge in [-0.1, -0.05) is 6.58 Å². The highest BCUT2D eigenvalue weighted by atomic mass is 19.3. The molecular weight excluding hydrogens is 388 g/mol. The molecule has 2 aliphatic heterocycles. The number of hydrogen-bond donors (Lipinski definition) is 2. The predicted octanol–water partition coefficient (Wildman–Crippen LogP) is 1.94. The van der Waals surface area contributed by atoms with Crippen molar-refractivity contribution in [2.24, 2.45) is 5.73 Å². The van der Waals surface area contributed by atoms with Gasteiger partial charge < -0.3 is 25.1 Å². The maximum Gasteiger partial charge on any atom is 0.416 e. The summed E-state index contributed by atoms with van der Waals surface area (Å²) in [4.78, 5) is 28.4. The number of nitrogens with zero attached hydrogens (tertiary/aromatic N) is 3. The molecule has 0 spiro atoms. The van der Waals surface area contributed by atoms with E-state index in [2.05, 4.69) is 16.9 Å². The molecule has 3 heterocycles. The zero-order chi connectivity index (χ0) is 20.7. The number of imidazole rings is 1. The number of nitrogens with two attached hydrogens (primary N) is 1. The van der Waals surface area contributed by atoms with Gasteiger partial charge in [-0.25, -0.2) is 23.5 Å². The molecule has 0 bridgehead atoms. The topological polar surface area (TPSA) is 112 Å². The van der Waals surface area contributed by atoms with E-state index in [1.54, 1.807) is 22.8 Å². The summed E-state index contributed by atoms with van der Waals surface area (Å²) in [6.45, 7) is 3.84. The van der Waals surface area contributed by atoms with Gasteiger partial charge in [0.2, 0.25) is 0 Å². The maximum absolute atomic E-state index is 13.3. The third-order valence-corrected chi connectivity index (χ3v) is 4.61. The zero-order valence-electron chi connectivity index (χ0n) is 15.1. The number of carbonyl (C=O) groups is 2. The minimum absolute atomic E-state index is 0.0212. The molecule has 9 nitrogen and oxygen atoms in total. The van der Waals surface area contributed by atoms with Crippen molar-refractivity contribution in [1.29, 1.82) is 0 Å². The minimum Gasteiger partial charge on any atom is -0.491 e. The first kappa shape index (κ1) is 18.7. The van der Waals surface area contributed by atoms with Crippen LogP contribution in [0.15, 0.2) is 36.7 Å². The fraction of sp³-hybridized carbons (Fsp3) is 0.278. The van der Waals surface area contributed by atoms with Crippen LogP contribution >= 0.6 is 0 Å². The molecule has 2 aliphatic rings. The molecule has 1 atom stereocenters. The van der Waals surface area contributed by atoms with Crippen molar-refractivity contribution in [3.63, 3.8) is 0 Å². The van der Waals surface area contributed by atoms with Gasteiger partial charge in [0.15, 0.2) is 5.82 Å². The second-order valence-electron chi connectivity index (χ2n) is 6.49. The number of halogens is 2. The van der Waals surface area contributed by atoms with Crippen LogP contribution in [0, 0.1) is 0 Å². The van der Waals surface area contributed by atoms with E-state index in [-0.39, 0.29) is 11.5 Å². The molecule has 0 aliphatic carbocycles. The van der Waals surface area contributed by atoms with E-state index in [4.69, 9.17) is 15.2 Å². The van der Waals surface area contributed by atoms with Crippen molar-refractivity contribution < 1.29 is 27.8 Å². The first-order valence-electron chi connectivity index (χ1n) is 8.69. The highest BCUT2D eigenvalue weighted by Crippen LogP contribution is 2.37. The Morgan fingerprint density at radius 1 is 1.38 bits per heavy atom. The molecule has 3 N–H and O–H groups in total. The maximum atomic E-state index is 13.3. The largest absolute Gasteiger partial charge is 0.491 e. The quantitative estimate of drug-likeness (QED) is 0.736. The summed E-state index contributed by atoms with van der Waals surface area (Å²) in [6, 6.07) is 3.64. The van der Waals surface area contributed by atoms with Gasteiger partial charge in [-0.2, -0.15) is 0 Å². The number of primary amides is 1. The average Bonchev–Trinajstić information content (AvgIpc) is 3.21. The molecule has 2 amide bonds. The van der Waals surface area contributed by atoms with Crippen molar-refractivity contribution in [3.05, 3.63) is 36.7 Å². The van der Waals surface area contributed by atoms with Crippen LogP contribution in [0.1, 0.15) is 0 Å². The number of cyclic esters (lactones) is 1. The average molecular weight is 405 g/mol. The molecule has 152 valence electrons. The summed E-state index contributed by atoms with van der Waals surface area (Å²) in [5.74, 6) is 0.329.